The molecule has 0 spiro atoms. The van der Waals surface area contributed by atoms with Gasteiger partial charge in [0.25, 0.3) is 5.91 Å². The molecule has 2 N–H and O–H groups in total. The molecule has 0 fully saturated rings. The van der Waals surface area contributed by atoms with E-state index in [-0.39, 0.29) is 18.5 Å². The van der Waals surface area contributed by atoms with Gasteiger partial charge in [0.05, 0.1) is 24.8 Å². The van der Waals surface area contributed by atoms with E-state index in [1.54, 1.807) is 31.3 Å². The summed E-state index contributed by atoms with van der Waals surface area (Å²) in [6, 6.07) is 1.71. The van der Waals surface area contributed by atoms with Crippen LogP contribution in [0.5, 0.6) is 0 Å². The maximum absolute atomic E-state index is 12.2. The van der Waals surface area contributed by atoms with Crippen LogP contribution in [-0.4, -0.2) is 49.1 Å². The molecule has 5 nitrogen and oxygen atoms in total. The molecule has 19 heavy (non-hydrogen) atoms. The van der Waals surface area contributed by atoms with Crippen molar-refractivity contribution in [3.8, 4) is 11.8 Å². The van der Waals surface area contributed by atoms with E-state index in [4.69, 9.17) is 10.5 Å². The van der Waals surface area contributed by atoms with Crippen LogP contribution in [0.15, 0.2) is 18.5 Å². The van der Waals surface area contributed by atoms with E-state index in [1.165, 1.54) is 6.20 Å². The molecule has 5 heteroatoms. The van der Waals surface area contributed by atoms with Gasteiger partial charge in [-0.2, -0.15) is 0 Å². The van der Waals surface area contributed by atoms with E-state index >= 15 is 0 Å². The molecule has 1 rings (SSSR count). The molecule has 0 aromatic carbocycles. The lowest BCUT2D eigenvalue weighted by molar-refractivity contribution is 0.0633. The highest BCUT2D eigenvalue weighted by Gasteiger charge is 2.17. The van der Waals surface area contributed by atoms with Crippen molar-refractivity contribution in [1.29, 1.82) is 0 Å². The first-order valence-electron chi connectivity index (χ1n) is 6.00. The first kappa shape index (κ1) is 15.2. The maximum Gasteiger partial charge on any atom is 0.255 e. The second-order valence-electron chi connectivity index (χ2n) is 4.19. The van der Waals surface area contributed by atoms with Gasteiger partial charge in [0, 0.05) is 32.1 Å². The van der Waals surface area contributed by atoms with Gasteiger partial charge in [0.2, 0.25) is 0 Å². The lowest BCUT2D eigenvalue weighted by Crippen LogP contribution is -2.37. The molecule has 1 amide bonds. The van der Waals surface area contributed by atoms with Crippen molar-refractivity contribution in [3.63, 3.8) is 0 Å². The molecule has 1 aromatic rings. The Bertz CT molecular complexity index is 491. The van der Waals surface area contributed by atoms with Crippen molar-refractivity contribution in [3.05, 3.63) is 29.6 Å². The van der Waals surface area contributed by atoms with Crippen LogP contribution in [0.1, 0.15) is 22.8 Å². The van der Waals surface area contributed by atoms with Gasteiger partial charge in [0.1, 0.15) is 0 Å². The van der Waals surface area contributed by atoms with Crippen LogP contribution in [0.3, 0.4) is 0 Å². The third-order valence-electron chi connectivity index (χ3n) is 2.71. The zero-order valence-electron chi connectivity index (χ0n) is 11.5. The Hall–Kier alpha value is -1.90. The van der Waals surface area contributed by atoms with Gasteiger partial charge >= 0.3 is 0 Å². The first-order chi connectivity index (χ1) is 9.10. The number of pyridine rings is 1. The van der Waals surface area contributed by atoms with Gasteiger partial charge in [-0.1, -0.05) is 11.8 Å². The molecular weight excluding hydrogens is 242 g/mol. The van der Waals surface area contributed by atoms with Crippen molar-refractivity contribution in [2.24, 2.45) is 5.73 Å². The summed E-state index contributed by atoms with van der Waals surface area (Å²) in [5, 5.41) is 0. The number of carbonyl (C=O) groups is 1. The van der Waals surface area contributed by atoms with Gasteiger partial charge in [0.15, 0.2) is 0 Å². The Morgan fingerprint density at radius 1 is 1.58 bits per heavy atom. The smallest absolute Gasteiger partial charge is 0.255 e. The summed E-state index contributed by atoms with van der Waals surface area (Å²) in [5.74, 6) is 5.49. The number of amides is 1. The molecule has 1 heterocycles. The van der Waals surface area contributed by atoms with Crippen molar-refractivity contribution < 1.29 is 9.53 Å². The molecule has 0 saturated heterocycles. The second-order valence-corrected chi connectivity index (χ2v) is 4.19. The topological polar surface area (TPSA) is 68.5 Å². The van der Waals surface area contributed by atoms with Crippen molar-refractivity contribution in [2.75, 3.05) is 27.3 Å². The van der Waals surface area contributed by atoms with Crippen LogP contribution >= 0.6 is 0 Å². The molecule has 0 aliphatic carbocycles. The van der Waals surface area contributed by atoms with Gasteiger partial charge in [-0.25, -0.2) is 0 Å². The molecular formula is C14H19N3O2. The number of ether oxygens (including phenoxy) is 1. The summed E-state index contributed by atoms with van der Waals surface area (Å²) < 4.78 is 5.04. The second kappa shape index (κ2) is 7.52. The lowest BCUT2D eigenvalue weighted by Gasteiger charge is -2.24. The standard InChI is InChI=1S/C14H19N3O2/c1-11(10-19-3)17(2)14(18)13-7-12(5-4-6-15)8-16-9-13/h7-9,11H,6,10,15H2,1-3H3. The van der Waals surface area contributed by atoms with Crippen molar-refractivity contribution >= 4 is 5.91 Å². The minimum atomic E-state index is -0.103. The average Bonchev–Trinajstić information content (AvgIpc) is 2.44. The van der Waals surface area contributed by atoms with Crippen LogP contribution in [0.2, 0.25) is 0 Å². The van der Waals surface area contributed by atoms with Crippen molar-refractivity contribution in [2.45, 2.75) is 13.0 Å². The number of likely N-dealkylation sites (N-methyl/N-ethyl adjacent to an activating group) is 1. The van der Waals surface area contributed by atoms with Gasteiger partial charge in [-0.3, -0.25) is 9.78 Å². The Morgan fingerprint density at radius 3 is 2.95 bits per heavy atom. The van der Waals surface area contributed by atoms with Crippen LogP contribution in [0, 0.1) is 11.8 Å². The van der Waals surface area contributed by atoms with E-state index in [0.29, 0.717) is 17.7 Å². The number of methoxy groups -OCH3 is 1. The summed E-state index contributed by atoms with van der Waals surface area (Å²) in [6.07, 6.45) is 3.14. The molecule has 0 saturated carbocycles. The molecule has 1 unspecified atom stereocenters. The molecule has 0 bridgehead atoms. The predicted molar refractivity (Wildman–Crippen MR) is 73.6 cm³/mol. The average molecular weight is 261 g/mol. The summed E-state index contributed by atoms with van der Waals surface area (Å²) in [7, 11) is 3.35. The predicted octanol–water partition coefficient (Wildman–Crippen LogP) is 0.499. The molecule has 0 aliphatic rings. The minimum absolute atomic E-state index is 0.00344. The van der Waals surface area contributed by atoms with Crippen LogP contribution < -0.4 is 5.73 Å². The highest BCUT2D eigenvalue weighted by molar-refractivity contribution is 5.94. The van der Waals surface area contributed by atoms with E-state index in [1.807, 2.05) is 6.92 Å². The maximum atomic E-state index is 12.2. The Labute approximate surface area is 113 Å². The highest BCUT2D eigenvalue weighted by Crippen LogP contribution is 2.07. The fraction of sp³-hybridized carbons (Fsp3) is 0.429. The molecule has 1 aromatic heterocycles. The number of nitrogens with two attached hydrogens (primary N) is 1. The first-order valence-corrected chi connectivity index (χ1v) is 6.00. The van der Waals surface area contributed by atoms with Crippen LogP contribution in [-0.2, 0) is 4.74 Å². The Balaban J connectivity index is 2.87. The number of rotatable bonds is 4. The summed E-state index contributed by atoms with van der Waals surface area (Å²) >= 11 is 0. The number of hydrogen-bond acceptors (Lipinski definition) is 4. The third kappa shape index (κ3) is 4.36. The number of carbonyl (C=O) groups excluding carboxylic acids is 1. The molecule has 0 radical (unpaired) electrons. The number of hydrogen-bond donors (Lipinski definition) is 1. The number of aromatic nitrogens is 1. The zero-order valence-corrected chi connectivity index (χ0v) is 11.5. The Kier molecular flexibility index (Phi) is 6.00. The third-order valence-corrected chi connectivity index (χ3v) is 2.71. The van der Waals surface area contributed by atoms with Crippen molar-refractivity contribution in [1.82, 2.24) is 9.88 Å². The normalized spacial score (nSPS) is 11.4. The fourth-order valence-corrected chi connectivity index (χ4v) is 1.54. The van der Waals surface area contributed by atoms with E-state index in [9.17, 15) is 4.79 Å². The molecule has 102 valence electrons. The minimum Gasteiger partial charge on any atom is -0.383 e. The van der Waals surface area contributed by atoms with Gasteiger partial charge < -0.3 is 15.4 Å². The SMILES string of the molecule is COCC(C)N(C)C(=O)c1cncc(C#CCN)c1. The van der Waals surface area contributed by atoms with E-state index in [0.717, 1.165) is 0 Å². The summed E-state index contributed by atoms with van der Waals surface area (Å²) in [6.45, 7) is 2.69. The van der Waals surface area contributed by atoms with Gasteiger partial charge in [-0.05, 0) is 13.0 Å². The Morgan fingerprint density at radius 2 is 2.32 bits per heavy atom. The van der Waals surface area contributed by atoms with Gasteiger partial charge in [-0.15, -0.1) is 0 Å². The number of nitrogens with zero attached hydrogens (tertiary/aromatic N) is 2. The lowest BCUT2D eigenvalue weighted by atomic mass is 10.1. The van der Waals surface area contributed by atoms with E-state index < -0.39 is 0 Å². The monoisotopic (exact) mass is 261 g/mol. The highest BCUT2D eigenvalue weighted by atomic mass is 16.5. The largest absolute Gasteiger partial charge is 0.383 e. The summed E-state index contributed by atoms with van der Waals surface area (Å²) in [5.41, 5.74) is 6.51. The van der Waals surface area contributed by atoms with Crippen LogP contribution in [0.25, 0.3) is 0 Å². The van der Waals surface area contributed by atoms with E-state index in [2.05, 4.69) is 16.8 Å². The molecule has 1 atom stereocenters. The van der Waals surface area contributed by atoms with Crippen LogP contribution in [0.4, 0.5) is 0 Å². The zero-order chi connectivity index (χ0) is 14.3. The summed E-state index contributed by atoms with van der Waals surface area (Å²) in [4.78, 5) is 17.9. The molecule has 0 aliphatic heterocycles. The fourth-order valence-electron chi connectivity index (χ4n) is 1.54. The quantitative estimate of drug-likeness (QED) is 0.801.